The smallest absolute Gasteiger partial charge is 0.308 e. The van der Waals surface area contributed by atoms with Gasteiger partial charge < -0.3 is 14.4 Å². The lowest BCUT2D eigenvalue weighted by atomic mass is 9.92. The van der Waals surface area contributed by atoms with E-state index in [0.717, 1.165) is 13.0 Å². The van der Waals surface area contributed by atoms with Crippen molar-refractivity contribution in [2.24, 2.45) is 0 Å². The van der Waals surface area contributed by atoms with Crippen LogP contribution in [0.2, 0.25) is 0 Å². The van der Waals surface area contributed by atoms with Crippen molar-refractivity contribution < 1.29 is 13.6 Å². The summed E-state index contributed by atoms with van der Waals surface area (Å²) in [4.78, 5) is 0. The third kappa shape index (κ3) is 2.71. The number of hydrogen-bond donors (Lipinski definition) is 1. The molecule has 1 fully saturated rings. The summed E-state index contributed by atoms with van der Waals surface area (Å²) in [7, 11) is -3.21. The van der Waals surface area contributed by atoms with E-state index in [0.29, 0.717) is 13.2 Å². The van der Waals surface area contributed by atoms with Gasteiger partial charge in [-0.2, -0.15) is 0 Å². The predicted molar refractivity (Wildman–Crippen MR) is 81.1 cm³/mol. The normalized spacial score (nSPS) is 26.9. The van der Waals surface area contributed by atoms with E-state index in [4.69, 9.17) is 9.05 Å². The van der Waals surface area contributed by atoms with Crippen molar-refractivity contribution in [3.8, 4) is 0 Å². The molecule has 1 heterocycles. The molecule has 2 atom stereocenters. The third-order valence-electron chi connectivity index (χ3n) is 3.96. The second-order valence-corrected chi connectivity index (χ2v) is 7.60. The maximum Gasteiger partial charge on any atom is 0.350 e. The van der Waals surface area contributed by atoms with Crippen molar-refractivity contribution in [3.05, 3.63) is 35.9 Å². The Hall–Kier alpha value is -0.670. The van der Waals surface area contributed by atoms with Gasteiger partial charge in [0, 0.05) is 5.92 Å². The molecule has 0 amide bonds. The van der Waals surface area contributed by atoms with Crippen LogP contribution >= 0.6 is 7.60 Å². The lowest BCUT2D eigenvalue weighted by Crippen LogP contribution is -2.41. The molecule has 1 aromatic rings. The van der Waals surface area contributed by atoms with Gasteiger partial charge in [-0.25, -0.2) is 0 Å². The average molecular weight is 297 g/mol. The minimum atomic E-state index is -3.21. The van der Waals surface area contributed by atoms with Crippen LogP contribution in [0.15, 0.2) is 30.3 Å². The molecular weight excluding hydrogens is 273 g/mol. The van der Waals surface area contributed by atoms with Crippen molar-refractivity contribution in [2.75, 3.05) is 19.8 Å². The molecule has 1 N–H and O–H groups in total. The fraction of sp³-hybridized carbons (Fsp3) is 0.600. The summed E-state index contributed by atoms with van der Waals surface area (Å²) < 4.78 is 24.4. The van der Waals surface area contributed by atoms with Crippen LogP contribution in [0.25, 0.3) is 0 Å². The van der Waals surface area contributed by atoms with Crippen LogP contribution in [0, 0.1) is 0 Å². The summed E-state index contributed by atoms with van der Waals surface area (Å²) in [5.41, 5.74) is 1.18. The zero-order valence-corrected chi connectivity index (χ0v) is 13.4. The summed E-state index contributed by atoms with van der Waals surface area (Å²) in [6, 6.07) is 10.2. The number of rotatable bonds is 6. The molecule has 0 saturated carbocycles. The average Bonchev–Trinajstić information content (AvgIpc) is 2.84. The van der Waals surface area contributed by atoms with Crippen molar-refractivity contribution >= 4 is 7.60 Å². The Labute approximate surface area is 121 Å². The summed E-state index contributed by atoms with van der Waals surface area (Å²) in [6.45, 7) is 7.25. The molecule has 0 radical (unpaired) electrons. The van der Waals surface area contributed by atoms with Gasteiger partial charge in [0.2, 0.25) is 0 Å². The van der Waals surface area contributed by atoms with Gasteiger partial charge in [-0.05, 0) is 39.3 Å². The van der Waals surface area contributed by atoms with Gasteiger partial charge in [0.25, 0.3) is 0 Å². The van der Waals surface area contributed by atoms with E-state index < -0.39 is 12.9 Å². The molecule has 20 heavy (non-hydrogen) atoms. The van der Waals surface area contributed by atoms with Crippen LogP contribution in [0.4, 0.5) is 0 Å². The Balaban J connectivity index is 2.37. The molecule has 0 spiro atoms. The molecule has 1 aliphatic heterocycles. The number of hydrogen-bond acceptors (Lipinski definition) is 4. The van der Waals surface area contributed by atoms with Gasteiger partial charge in [0.05, 0.1) is 13.2 Å². The second-order valence-electron chi connectivity index (χ2n) is 5.16. The van der Waals surface area contributed by atoms with Crippen LogP contribution in [-0.2, 0) is 13.6 Å². The highest BCUT2D eigenvalue weighted by Gasteiger charge is 2.55. The second kappa shape index (κ2) is 6.40. The Morgan fingerprint density at radius 1 is 1.25 bits per heavy atom. The Bertz CT molecular complexity index is 469. The molecule has 0 unspecified atom stereocenters. The lowest BCUT2D eigenvalue weighted by molar-refractivity contribution is 0.190. The Morgan fingerprint density at radius 3 is 2.40 bits per heavy atom. The van der Waals surface area contributed by atoms with E-state index >= 15 is 0 Å². The summed E-state index contributed by atoms with van der Waals surface area (Å²) in [5.74, 6) is 0.132. The Morgan fingerprint density at radius 2 is 1.85 bits per heavy atom. The zero-order valence-electron chi connectivity index (χ0n) is 12.5. The van der Waals surface area contributed by atoms with Gasteiger partial charge in [0.15, 0.2) is 0 Å². The van der Waals surface area contributed by atoms with Gasteiger partial charge in [-0.3, -0.25) is 4.57 Å². The first-order valence-corrected chi connectivity index (χ1v) is 8.81. The van der Waals surface area contributed by atoms with Gasteiger partial charge >= 0.3 is 7.60 Å². The first kappa shape index (κ1) is 15.7. The van der Waals surface area contributed by atoms with E-state index in [-0.39, 0.29) is 5.92 Å². The summed E-state index contributed by atoms with van der Waals surface area (Å²) in [5, 5.41) is 2.71. The molecule has 5 heteroatoms. The SMILES string of the molecule is CCOP(=O)(OCC)[C@@]1(C)NCC[C@H]1c1ccccc1. The van der Waals surface area contributed by atoms with Crippen LogP contribution < -0.4 is 5.32 Å². The minimum absolute atomic E-state index is 0.132. The van der Waals surface area contributed by atoms with Gasteiger partial charge in [0.1, 0.15) is 5.28 Å². The molecule has 0 aromatic heterocycles. The monoisotopic (exact) mass is 297 g/mol. The fourth-order valence-electron chi connectivity index (χ4n) is 2.98. The number of nitrogens with one attached hydrogen (secondary N) is 1. The van der Waals surface area contributed by atoms with E-state index in [1.165, 1.54) is 5.56 Å². The predicted octanol–water partition coefficient (Wildman–Crippen LogP) is 3.75. The molecule has 1 aromatic carbocycles. The highest BCUT2D eigenvalue weighted by molar-refractivity contribution is 7.55. The maximum atomic E-state index is 13.2. The first-order chi connectivity index (χ1) is 9.57. The topological polar surface area (TPSA) is 47.6 Å². The van der Waals surface area contributed by atoms with Gasteiger partial charge in [-0.1, -0.05) is 30.3 Å². The molecule has 4 nitrogen and oxygen atoms in total. The van der Waals surface area contributed by atoms with E-state index in [2.05, 4.69) is 17.4 Å². The van der Waals surface area contributed by atoms with E-state index in [1.807, 2.05) is 39.0 Å². The summed E-state index contributed by atoms with van der Waals surface area (Å²) >= 11 is 0. The molecule has 0 bridgehead atoms. The molecule has 112 valence electrons. The summed E-state index contributed by atoms with van der Waals surface area (Å²) in [6.07, 6.45) is 0.935. The Kier molecular flexibility index (Phi) is 5.03. The van der Waals surface area contributed by atoms with Crippen molar-refractivity contribution in [1.29, 1.82) is 0 Å². The van der Waals surface area contributed by atoms with Crippen LogP contribution in [0.5, 0.6) is 0 Å². The van der Waals surface area contributed by atoms with Crippen LogP contribution in [0.3, 0.4) is 0 Å². The standard InChI is InChI=1S/C15H24NO3P/c1-4-18-20(17,19-5-2)15(3)14(11-12-16-15)13-9-7-6-8-10-13/h6-10,14,16H,4-5,11-12H2,1-3H3/t14-,15+/m0/s1. The number of benzene rings is 1. The molecule has 2 rings (SSSR count). The van der Waals surface area contributed by atoms with Gasteiger partial charge in [-0.15, -0.1) is 0 Å². The maximum absolute atomic E-state index is 13.2. The molecule has 1 saturated heterocycles. The molecule has 1 aliphatic rings. The molecular formula is C15H24NO3P. The van der Waals surface area contributed by atoms with E-state index in [9.17, 15) is 4.57 Å². The van der Waals surface area contributed by atoms with Crippen molar-refractivity contribution in [3.63, 3.8) is 0 Å². The quantitative estimate of drug-likeness (QED) is 0.812. The largest absolute Gasteiger partial charge is 0.350 e. The zero-order chi connectivity index (χ0) is 14.6. The van der Waals surface area contributed by atoms with Crippen molar-refractivity contribution in [1.82, 2.24) is 5.32 Å². The molecule has 0 aliphatic carbocycles. The van der Waals surface area contributed by atoms with Crippen LogP contribution in [-0.4, -0.2) is 25.0 Å². The fourth-order valence-corrected chi connectivity index (χ4v) is 5.24. The lowest BCUT2D eigenvalue weighted by Gasteiger charge is -2.37. The minimum Gasteiger partial charge on any atom is -0.308 e. The van der Waals surface area contributed by atoms with Crippen molar-refractivity contribution in [2.45, 2.75) is 38.4 Å². The van der Waals surface area contributed by atoms with Crippen LogP contribution in [0.1, 0.15) is 38.7 Å². The van der Waals surface area contributed by atoms with E-state index in [1.54, 1.807) is 0 Å². The first-order valence-electron chi connectivity index (χ1n) is 7.26. The highest BCUT2D eigenvalue weighted by atomic mass is 31.2. The highest BCUT2D eigenvalue weighted by Crippen LogP contribution is 2.65. The third-order valence-corrected chi connectivity index (χ3v) is 6.77.